The number of phenols is 1. The Morgan fingerprint density at radius 2 is 1.96 bits per heavy atom. The number of aliphatic hydroxyl groups excluding tert-OH is 1. The highest BCUT2D eigenvalue weighted by Crippen LogP contribution is 2.26. The number of hydrogen-bond acceptors (Lipinski definition) is 4. The Bertz CT molecular complexity index is 1060. The summed E-state index contributed by atoms with van der Waals surface area (Å²) in [6.07, 6.45) is 9.14. The number of aromatic hydroxyl groups is 1. The Labute approximate surface area is 156 Å². The summed E-state index contributed by atoms with van der Waals surface area (Å²) in [4.78, 5) is 15.2. The second-order valence-electron chi connectivity index (χ2n) is 5.86. The molecule has 136 valence electrons. The highest BCUT2D eigenvalue weighted by atomic mass is 16.5. The fraction of sp³-hybridized carbons (Fsp3) is 0.0455. The Morgan fingerprint density at radius 3 is 2.78 bits per heavy atom. The van der Waals surface area contributed by atoms with Crippen LogP contribution in [0.4, 0.5) is 0 Å². The molecule has 3 rings (SSSR count). The van der Waals surface area contributed by atoms with Gasteiger partial charge in [-0.05, 0) is 47.5 Å². The lowest BCUT2D eigenvalue weighted by molar-refractivity contribution is -0.110. The van der Waals surface area contributed by atoms with E-state index >= 15 is 0 Å². The average molecular weight is 361 g/mol. The molecule has 27 heavy (non-hydrogen) atoms. The van der Waals surface area contributed by atoms with Gasteiger partial charge in [-0.25, -0.2) is 0 Å². The van der Waals surface area contributed by atoms with Crippen molar-refractivity contribution in [2.45, 2.75) is 0 Å². The summed E-state index contributed by atoms with van der Waals surface area (Å²) < 4.78 is 5.03. The van der Waals surface area contributed by atoms with Crippen LogP contribution in [-0.2, 0) is 4.79 Å². The minimum atomic E-state index is -0.326. The Kier molecular flexibility index (Phi) is 5.42. The molecular formula is C22H19NO4. The van der Waals surface area contributed by atoms with Crippen LogP contribution in [0.1, 0.15) is 11.1 Å². The molecule has 0 aliphatic carbocycles. The zero-order chi connectivity index (χ0) is 19.2. The molecule has 0 atom stereocenters. The zero-order valence-electron chi connectivity index (χ0n) is 14.7. The average Bonchev–Trinajstić information content (AvgIpc) is 3.15. The number of rotatable bonds is 6. The fourth-order valence-corrected chi connectivity index (χ4v) is 2.65. The molecule has 0 amide bonds. The van der Waals surface area contributed by atoms with Gasteiger partial charge in [-0.2, -0.15) is 0 Å². The molecule has 0 aliphatic rings. The van der Waals surface area contributed by atoms with Gasteiger partial charge in [0.15, 0.2) is 17.3 Å². The number of aliphatic hydroxyl groups is 1. The number of carbonyl (C=O) groups is 1. The van der Waals surface area contributed by atoms with Gasteiger partial charge in [0.1, 0.15) is 5.76 Å². The third-order valence-corrected chi connectivity index (χ3v) is 4.00. The lowest BCUT2D eigenvalue weighted by atomic mass is 10.1. The summed E-state index contributed by atoms with van der Waals surface area (Å²) in [7, 11) is 1.46. The maximum atomic E-state index is 12.0. The van der Waals surface area contributed by atoms with Gasteiger partial charge in [0.2, 0.25) is 0 Å². The number of carbonyl (C=O) groups excluding carboxylic acids is 1. The third-order valence-electron chi connectivity index (χ3n) is 4.00. The van der Waals surface area contributed by atoms with Crippen LogP contribution < -0.4 is 4.74 Å². The molecule has 0 radical (unpaired) electrons. The highest BCUT2D eigenvalue weighted by Gasteiger charge is 2.01. The van der Waals surface area contributed by atoms with E-state index < -0.39 is 0 Å². The summed E-state index contributed by atoms with van der Waals surface area (Å²) in [5.74, 6) is -0.129. The SMILES string of the molecule is COc1cc(/C=C/C(O)=CC(=O)/C=C/c2cccc3[nH]ccc23)ccc1O. The lowest BCUT2D eigenvalue weighted by Gasteiger charge is -2.03. The van der Waals surface area contributed by atoms with Gasteiger partial charge in [0.25, 0.3) is 0 Å². The molecule has 0 bridgehead atoms. The number of phenolic OH excluding ortho intramolecular Hbond substituents is 1. The molecule has 0 aliphatic heterocycles. The van der Waals surface area contributed by atoms with Crippen LogP contribution in [0.2, 0.25) is 0 Å². The van der Waals surface area contributed by atoms with Gasteiger partial charge >= 0.3 is 0 Å². The van der Waals surface area contributed by atoms with E-state index in [4.69, 9.17) is 4.74 Å². The van der Waals surface area contributed by atoms with Crippen molar-refractivity contribution in [2.75, 3.05) is 7.11 Å². The Morgan fingerprint density at radius 1 is 1.11 bits per heavy atom. The second-order valence-corrected chi connectivity index (χ2v) is 5.86. The van der Waals surface area contributed by atoms with Gasteiger partial charge in [-0.1, -0.05) is 30.4 Å². The summed E-state index contributed by atoms with van der Waals surface area (Å²) in [6, 6.07) is 12.5. The number of allylic oxidation sites excluding steroid dienone is 3. The summed E-state index contributed by atoms with van der Waals surface area (Å²) >= 11 is 0. The minimum absolute atomic E-state index is 0.0344. The summed E-state index contributed by atoms with van der Waals surface area (Å²) in [5.41, 5.74) is 2.63. The van der Waals surface area contributed by atoms with Crippen LogP contribution in [0.3, 0.4) is 0 Å². The quantitative estimate of drug-likeness (QED) is 0.340. The monoisotopic (exact) mass is 361 g/mol. The predicted octanol–water partition coefficient (Wildman–Crippen LogP) is 4.62. The summed E-state index contributed by atoms with van der Waals surface area (Å²) in [6.45, 7) is 0. The second kappa shape index (κ2) is 8.10. The number of H-pyrrole nitrogens is 1. The molecule has 2 aromatic carbocycles. The van der Waals surface area contributed by atoms with Crippen LogP contribution in [0.15, 0.2) is 72.6 Å². The molecular weight excluding hydrogens is 342 g/mol. The van der Waals surface area contributed by atoms with Gasteiger partial charge < -0.3 is 19.9 Å². The number of methoxy groups -OCH3 is 1. The van der Waals surface area contributed by atoms with Crippen molar-refractivity contribution < 1.29 is 19.7 Å². The fourth-order valence-electron chi connectivity index (χ4n) is 2.65. The number of nitrogens with one attached hydrogen (secondary N) is 1. The lowest BCUT2D eigenvalue weighted by Crippen LogP contribution is -1.89. The first-order chi connectivity index (χ1) is 13.1. The first-order valence-electron chi connectivity index (χ1n) is 8.31. The maximum absolute atomic E-state index is 12.0. The van der Waals surface area contributed by atoms with Crippen molar-refractivity contribution >= 4 is 28.8 Å². The van der Waals surface area contributed by atoms with E-state index in [1.165, 1.54) is 25.3 Å². The molecule has 3 aromatic rings. The Balaban J connectivity index is 1.70. The first-order valence-corrected chi connectivity index (χ1v) is 8.31. The topological polar surface area (TPSA) is 82.5 Å². The number of ether oxygens (including phenoxy) is 1. The van der Waals surface area contributed by atoms with Gasteiger partial charge in [-0.3, -0.25) is 4.79 Å². The molecule has 3 N–H and O–H groups in total. The smallest absolute Gasteiger partial charge is 0.182 e. The van der Waals surface area contributed by atoms with Crippen molar-refractivity contribution in [1.82, 2.24) is 4.98 Å². The van der Waals surface area contributed by atoms with Crippen LogP contribution in [0.5, 0.6) is 11.5 Å². The van der Waals surface area contributed by atoms with Crippen molar-refractivity contribution in [3.8, 4) is 11.5 Å². The number of aromatic nitrogens is 1. The third kappa shape index (κ3) is 4.46. The van der Waals surface area contributed by atoms with E-state index in [1.807, 2.05) is 30.5 Å². The van der Waals surface area contributed by atoms with Gasteiger partial charge in [0.05, 0.1) is 7.11 Å². The number of aromatic amines is 1. The largest absolute Gasteiger partial charge is 0.508 e. The molecule has 1 aromatic heterocycles. The molecule has 5 nitrogen and oxygen atoms in total. The summed E-state index contributed by atoms with van der Waals surface area (Å²) in [5, 5.41) is 20.5. The first kappa shape index (κ1) is 18.1. The number of fused-ring (bicyclic) bond motifs is 1. The minimum Gasteiger partial charge on any atom is -0.508 e. The molecule has 0 spiro atoms. The van der Waals surface area contributed by atoms with E-state index in [-0.39, 0.29) is 17.3 Å². The molecule has 0 fully saturated rings. The van der Waals surface area contributed by atoms with Crippen LogP contribution >= 0.6 is 0 Å². The number of benzene rings is 2. The van der Waals surface area contributed by atoms with Crippen molar-refractivity contribution in [3.63, 3.8) is 0 Å². The standard InChI is InChI=1S/C22H19NO4/c1-27-22-13-15(6-10-21(22)26)5-8-17(24)14-18(25)9-7-16-3-2-4-20-19(16)11-12-23-20/h2-14,23-24,26H,1H3/b8-5+,9-7+,17-14?. The van der Waals surface area contributed by atoms with Crippen molar-refractivity contribution in [1.29, 1.82) is 0 Å². The van der Waals surface area contributed by atoms with E-state index in [0.29, 0.717) is 11.3 Å². The molecule has 1 heterocycles. The highest BCUT2D eigenvalue weighted by molar-refractivity contribution is 6.04. The van der Waals surface area contributed by atoms with Crippen molar-refractivity contribution in [3.05, 3.63) is 83.8 Å². The van der Waals surface area contributed by atoms with Gasteiger partial charge in [0, 0.05) is 23.2 Å². The number of hydrogen-bond donors (Lipinski definition) is 3. The van der Waals surface area contributed by atoms with Crippen LogP contribution in [-0.4, -0.2) is 28.1 Å². The Hall–Kier alpha value is -3.73. The zero-order valence-corrected chi connectivity index (χ0v) is 14.7. The van der Waals surface area contributed by atoms with Crippen LogP contribution in [0.25, 0.3) is 23.1 Å². The maximum Gasteiger partial charge on any atom is 0.182 e. The van der Waals surface area contributed by atoms with Crippen LogP contribution in [0, 0.1) is 0 Å². The molecule has 0 unspecified atom stereocenters. The molecule has 0 saturated heterocycles. The number of ketones is 1. The van der Waals surface area contributed by atoms with E-state index in [0.717, 1.165) is 22.5 Å². The normalized spacial score (nSPS) is 12.3. The van der Waals surface area contributed by atoms with Crippen molar-refractivity contribution in [2.24, 2.45) is 0 Å². The molecule has 5 heteroatoms. The van der Waals surface area contributed by atoms with E-state index in [2.05, 4.69) is 4.98 Å². The van der Waals surface area contributed by atoms with Gasteiger partial charge in [-0.15, -0.1) is 0 Å². The van der Waals surface area contributed by atoms with E-state index in [9.17, 15) is 15.0 Å². The van der Waals surface area contributed by atoms with E-state index in [1.54, 1.807) is 24.3 Å². The predicted molar refractivity (Wildman–Crippen MR) is 107 cm³/mol. The molecule has 0 saturated carbocycles.